The quantitative estimate of drug-likeness (QED) is 0.207. The maximum absolute atomic E-state index is 6.93. The highest BCUT2D eigenvalue weighted by Crippen LogP contribution is 2.49. The summed E-state index contributed by atoms with van der Waals surface area (Å²) in [4.78, 5) is 0. The summed E-state index contributed by atoms with van der Waals surface area (Å²) in [7, 11) is 0. The summed E-state index contributed by atoms with van der Waals surface area (Å²) in [5, 5.41) is 0. The Balaban J connectivity index is 0.00000841. The molecule has 1 aliphatic rings. The molecular formula is C28H59NO. The molecule has 0 spiro atoms. The molecule has 1 rings (SSSR count). The SMILES string of the molecule is CCCCCCCCCCCCCCCC(N)C1(CCC)CCCCC1CCC.O. The van der Waals surface area contributed by atoms with Crippen LogP contribution in [0.5, 0.6) is 0 Å². The van der Waals surface area contributed by atoms with Gasteiger partial charge < -0.3 is 11.2 Å². The first-order chi connectivity index (χ1) is 14.2. The zero-order chi connectivity index (χ0) is 21.2. The molecule has 0 heterocycles. The van der Waals surface area contributed by atoms with Crippen molar-refractivity contribution in [3.63, 3.8) is 0 Å². The van der Waals surface area contributed by atoms with E-state index in [1.807, 2.05) is 0 Å². The zero-order valence-electron chi connectivity index (χ0n) is 21.3. The molecule has 0 bridgehead atoms. The summed E-state index contributed by atoms with van der Waals surface area (Å²) >= 11 is 0. The minimum Gasteiger partial charge on any atom is -0.412 e. The van der Waals surface area contributed by atoms with Gasteiger partial charge in [-0.25, -0.2) is 0 Å². The standard InChI is InChI=1S/C28H57N.H2O/c1-4-7-8-9-10-11-12-13-14-15-16-17-18-23-27(29)28(24-6-3)25-20-19-22-26(28)21-5-2;/h26-27H,4-25,29H2,1-3H3;1H2. The second-order valence-electron chi connectivity index (χ2n) is 10.4. The Bertz CT molecular complexity index is 353. The van der Waals surface area contributed by atoms with Gasteiger partial charge in [0.15, 0.2) is 0 Å². The van der Waals surface area contributed by atoms with Crippen molar-refractivity contribution in [2.75, 3.05) is 0 Å². The Labute approximate surface area is 190 Å². The molecule has 2 heteroatoms. The maximum atomic E-state index is 6.93. The van der Waals surface area contributed by atoms with Crippen LogP contribution in [-0.2, 0) is 0 Å². The molecule has 2 nitrogen and oxygen atoms in total. The van der Waals surface area contributed by atoms with Crippen LogP contribution in [-0.4, -0.2) is 11.5 Å². The highest BCUT2D eigenvalue weighted by molar-refractivity contribution is 4.96. The molecule has 0 amide bonds. The Hall–Kier alpha value is -0.0800. The lowest BCUT2D eigenvalue weighted by molar-refractivity contribution is 0.0399. The third-order valence-electron chi connectivity index (χ3n) is 7.97. The van der Waals surface area contributed by atoms with Gasteiger partial charge in [0.25, 0.3) is 0 Å². The van der Waals surface area contributed by atoms with Gasteiger partial charge >= 0.3 is 0 Å². The largest absolute Gasteiger partial charge is 0.412 e. The number of hydrogen-bond donors (Lipinski definition) is 1. The zero-order valence-corrected chi connectivity index (χ0v) is 21.3. The summed E-state index contributed by atoms with van der Waals surface area (Å²) in [6, 6.07) is 0.451. The average molecular weight is 426 g/mol. The molecule has 0 aliphatic heterocycles. The first kappa shape index (κ1) is 29.9. The van der Waals surface area contributed by atoms with Crippen molar-refractivity contribution in [1.82, 2.24) is 0 Å². The van der Waals surface area contributed by atoms with E-state index < -0.39 is 0 Å². The van der Waals surface area contributed by atoms with Crippen LogP contribution in [0.3, 0.4) is 0 Å². The predicted octanol–water partition coefficient (Wildman–Crippen LogP) is 8.75. The van der Waals surface area contributed by atoms with E-state index in [0.29, 0.717) is 11.5 Å². The average Bonchev–Trinajstić information content (AvgIpc) is 2.73. The first-order valence-corrected chi connectivity index (χ1v) is 14.0. The fourth-order valence-corrected chi connectivity index (χ4v) is 6.25. The lowest BCUT2D eigenvalue weighted by atomic mass is 9.58. The summed E-state index contributed by atoms with van der Waals surface area (Å²) in [6.45, 7) is 7.04. The Morgan fingerprint density at radius 3 is 1.73 bits per heavy atom. The van der Waals surface area contributed by atoms with E-state index >= 15 is 0 Å². The summed E-state index contributed by atoms with van der Waals surface area (Å²) in [5.74, 6) is 0.901. The lowest BCUT2D eigenvalue weighted by Crippen LogP contribution is -2.48. The van der Waals surface area contributed by atoms with Crippen LogP contribution in [0.2, 0.25) is 0 Å². The van der Waals surface area contributed by atoms with Crippen molar-refractivity contribution in [2.45, 2.75) is 168 Å². The molecule has 4 N–H and O–H groups in total. The molecule has 0 aromatic heterocycles. The second kappa shape index (κ2) is 19.6. The third-order valence-corrected chi connectivity index (χ3v) is 7.97. The molecule has 182 valence electrons. The lowest BCUT2D eigenvalue weighted by Gasteiger charge is -2.49. The predicted molar refractivity (Wildman–Crippen MR) is 136 cm³/mol. The van der Waals surface area contributed by atoms with Crippen molar-refractivity contribution >= 4 is 0 Å². The van der Waals surface area contributed by atoms with Gasteiger partial charge in [-0.2, -0.15) is 0 Å². The van der Waals surface area contributed by atoms with Crippen LogP contribution < -0.4 is 5.73 Å². The smallest absolute Gasteiger partial charge is 0.00982 e. The van der Waals surface area contributed by atoms with Gasteiger partial charge in [0.1, 0.15) is 0 Å². The van der Waals surface area contributed by atoms with Crippen molar-refractivity contribution in [3.8, 4) is 0 Å². The van der Waals surface area contributed by atoms with Gasteiger partial charge in [-0.1, -0.05) is 136 Å². The van der Waals surface area contributed by atoms with Crippen LogP contribution in [0, 0.1) is 11.3 Å². The minimum absolute atomic E-state index is 0. The monoisotopic (exact) mass is 425 g/mol. The highest BCUT2D eigenvalue weighted by atomic mass is 16.0. The number of rotatable bonds is 19. The minimum atomic E-state index is 0. The maximum Gasteiger partial charge on any atom is 0.00982 e. The molecule has 30 heavy (non-hydrogen) atoms. The molecule has 0 saturated heterocycles. The highest BCUT2D eigenvalue weighted by Gasteiger charge is 2.43. The van der Waals surface area contributed by atoms with Gasteiger partial charge in [-0.05, 0) is 37.0 Å². The fraction of sp³-hybridized carbons (Fsp3) is 1.00. The molecule has 1 saturated carbocycles. The van der Waals surface area contributed by atoms with Gasteiger partial charge in [-0.15, -0.1) is 0 Å². The van der Waals surface area contributed by atoms with E-state index in [2.05, 4.69) is 20.8 Å². The van der Waals surface area contributed by atoms with Gasteiger partial charge in [0.05, 0.1) is 0 Å². The van der Waals surface area contributed by atoms with Crippen LogP contribution in [0.15, 0.2) is 0 Å². The number of unbranched alkanes of at least 4 members (excludes halogenated alkanes) is 12. The molecule has 0 radical (unpaired) electrons. The molecule has 1 aliphatic carbocycles. The van der Waals surface area contributed by atoms with E-state index in [4.69, 9.17) is 5.73 Å². The van der Waals surface area contributed by atoms with Gasteiger partial charge in [0.2, 0.25) is 0 Å². The van der Waals surface area contributed by atoms with Crippen molar-refractivity contribution in [2.24, 2.45) is 17.1 Å². The first-order valence-electron chi connectivity index (χ1n) is 14.0. The third kappa shape index (κ3) is 11.5. The second-order valence-corrected chi connectivity index (χ2v) is 10.4. The molecule has 3 atom stereocenters. The van der Waals surface area contributed by atoms with Crippen LogP contribution in [0.25, 0.3) is 0 Å². The van der Waals surface area contributed by atoms with Crippen LogP contribution >= 0.6 is 0 Å². The normalized spacial score (nSPS) is 22.6. The van der Waals surface area contributed by atoms with E-state index in [1.165, 1.54) is 141 Å². The van der Waals surface area contributed by atoms with Gasteiger partial charge in [0, 0.05) is 6.04 Å². The van der Waals surface area contributed by atoms with E-state index in [1.54, 1.807) is 0 Å². The Morgan fingerprint density at radius 1 is 0.700 bits per heavy atom. The Morgan fingerprint density at radius 2 is 1.23 bits per heavy atom. The summed E-state index contributed by atoms with van der Waals surface area (Å²) in [6.07, 6.45) is 31.1. The molecule has 0 aromatic rings. The van der Waals surface area contributed by atoms with Crippen molar-refractivity contribution in [3.05, 3.63) is 0 Å². The molecular weight excluding hydrogens is 366 g/mol. The van der Waals surface area contributed by atoms with Crippen LogP contribution in [0.4, 0.5) is 0 Å². The molecule has 0 aromatic carbocycles. The molecule has 1 fully saturated rings. The summed E-state index contributed by atoms with van der Waals surface area (Å²) in [5.41, 5.74) is 7.40. The number of nitrogens with two attached hydrogens (primary N) is 1. The summed E-state index contributed by atoms with van der Waals surface area (Å²) < 4.78 is 0. The van der Waals surface area contributed by atoms with E-state index in [9.17, 15) is 0 Å². The van der Waals surface area contributed by atoms with Gasteiger partial charge in [-0.3, -0.25) is 0 Å². The molecule has 3 unspecified atom stereocenters. The van der Waals surface area contributed by atoms with Crippen molar-refractivity contribution in [1.29, 1.82) is 0 Å². The van der Waals surface area contributed by atoms with E-state index in [0.717, 1.165) is 5.92 Å². The van der Waals surface area contributed by atoms with E-state index in [-0.39, 0.29) is 5.48 Å². The fourth-order valence-electron chi connectivity index (χ4n) is 6.25. The van der Waals surface area contributed by atoms with Crippen molar-refractivity contribution < 1.29 is 5.48 Å². The Kier molecular flexibility index (Phi) is 19.5. The van der Waals surface area contributed by atoms with Crippen LogP contribution in [0.1, 0.15) is 162 Å². The topological polar surface area (TPSA) is 57.5 Å². The number of hydrogen-bond acceptors (Lipinski definition) is 1.